The average molecular weight is 430 g/mol. The van der Waals surface area contributed by atoms with Crippen molar-refractivity contribution in [2.45, 2.75) is 122 Å². The molecule has 1 atom stereocenters. The first-order valence-corrected chi connectivity index (χ1v) is 12.6. The van der Waals surface area contributed by atoms with Gasteiger partial charge in [0.05, 0.1) is 0 Å². The molecule has 0 amide bonds. The summed E-state index contributed by atoms with van der Waals surface area (Å²) >= 11 is 0. The summed E-state index contributed by atoms with van der Waals surface area (Å²) in [6.45, 7) is 3.65. The first kappa shape index (κ1) is 30.6. The Morgan fingerprint density at radius 3 is 1.54 bits per heavy atom. The molecule has 0 heterocycles. The van der Waals surface area contributed by atoms with Crippen LogP contribution in [0.5, 0.6) is 0 Å². The summed E-state index contributed by atoms with van der Waals surface area (Å²) in [5.41, 5.74) is 5.30. The fraction of sp³-hybridized carbons (Fsp3) is 0.952. The number of hydrogen-bond acceptors (Lipinski definition) is 5. The number of unbranched alkanes of at least 4 members (excludes halogenated alkanes) is 14. The van der Waals surface area contributed by atoms with Crippen molar-refractivity contribution >= 4 is 16.1 Å². The molecule has 2 N–H and O–H groups in total. The summed E-state index contributed by atoms with van der Waals surface area (Å²) < 4.78 is 27.8. The Kier molecular flexibility index (Phi) is 22.5. The van der Waals surface area contributed by atoms with Crippen LogP contribution in [0.25, 0.3) is 0 Å². The normalized spacial score (nSPS) is 12.4. The van der Waals surface area contributed by atoms with Gasteiger partial charge < -0.3 is 11.3 Å². The van der Waals surface area contributed by atoms with Gasteiger partial charge in [0.25, 0.3) is 0 Å². The molecule has 0 aliphatic rings. The van der Waals surface area contributed by atoms with Gasteiger partial charge in [0.15, 0.2) is 0 Å². The van der Waals surface area contributed by atoms with E-state index in [1.165, 1.54) is 84.0 Å². The molecular formula is C21H44NNaO4S. The van der Waals surface area contributed by atoms with Gasteiger partial charge >= 0.3 is 45.6 Å². The third-order valence-electron chi connectivity index (χ3n) is 5.02. The first-order valence-electron chi connectivity index (χ1n) is 11.1. The number of carbonyl (C=O) groups is 1. The Morgan fingerprint density at radius 2 is 1.18 bits per heavy atom. The summed E-state index contributed by atoms with van der Waals surface area (Å²) in [6.07, 6.45) is 19.0. The maximum atomic E-state index is 11.6. The van der Waals surface area contributed by atoms with E-state index in [-0.39, 0.29) is 43.9 Å². The molecule has 0 rings (SSSR count). The molecule has 0 fully saturated rings. The molecule has 5 nitrogen and oxygen atoms in total. The molecule has 164 valence electrons. The van der Waals surface area contributed by atoms with Crippen LogP contribution < -0.4 is 35.3 Å². The second kappa shape index (κ2) is 20.6. The Morgan fingerprint density at radius 1 is 0.821 bits per heavy atom. The molecule has 0 saturated carbocycles. The van der Waals surface area contributed by atoms with Crippen molar-refractivity contribution in [1.29, 1.82) is 0 Å². The first-order chi connectivity index (χ1) is 12.9. The van der Waals surface area contributed by atoms with E-state index < -0.39 is 21.3 Å². The zero-order valence-corrected chi connectivity index (χ0v) is 21.5. The van der Waals surface area contributed by atoms with Crippen molar-refractivity contribution in [2.24, 2.45) is 5.73 Å². The van der Waals surface area contributed by atoms with E-state index in [0.717, 1.165) is 12.8 Å². The number of rotatable bonds is 19. The van der Waals surface area contributed by atoms with Crippen molar-refractivity contribution < 1.29 is 48.4 Å². The second-order valence-corrected chi connectivity index (χ2v) is 9.65. The van der Waals surface area contributed by atoms with Crippen molar-refractivity contribution in [3.8, 4) is 0 Å². The van der Waals surface area contributed by atoms with Crippen molar-refractivity contribution in [1.82, 2.24) is 0 Å². The van der Waals surface area contributed by atoms with Gasteiger partial charge in [-0.25, -0.2) is 0 Å². The Bertz CT molecular complexity index is 464. The number of nitrogens with two attached hydrogens (primary N) is 1. The summed E-state index contributed by atoms with van der Waals surface area (Å²) in [4.78, 5) is 11.6. The molecule has 0 aromatic heterocycles. The van der Waals surface area contributed by atoms with Gasteiger partial charge in [-0.05, 0) is 13.3 Å². The van der Waals surface area contributed by atoms with E-state index in [0.29, 0.717) is 6.42 Å². The predicted octanol–water partition coefficient (Wildman–Crippen LogP) is 2.58. The minimum atomic E-state index is -3.85. The van der Waals surface area contributed by atoms with Crippen LogP contribution in [-0.4, -0.2) is 26.2 Å². The fourth-order valence-corrected chi connectivity index (χ4v) is 3.75. The van der Waals surface area contributed by atoms with Crippen LogP contribution in [0.3, 0.4) is 0 Å². The average Bonchev–Trinajstić information content (AvgIpc) is 2.63. The van der Waals surface area contributed by atoms with Crippen LogP contribution >= 0.6 is 0 Å². The molecule has 0 aromatic carbocycles. The summed E-state index contributed by atoms with van der Waals surface area (Å²) in [6, 6.07) is 0. The van der Waals surface area contributed by atoms with Gasteiger partial charge in [0, 0.05) is 13.0 Å². The zero-order valence-electron chi connectivity index (χ0n) is 19.7. The molecule has 0 bridgehead atoms. The van der Waals surface area contributed by atoms with E-state index in [1.807, 2.05) is 0 Å². The minimum absolute atomic E-state index is 0. The van der Waals surface area contributed by atoms with Crippen LogP contribution in [0, 0.1) is 0 Å². The van der Waals surface area contributed by atoms with Crippen LogP contribution in [0.1, 0.15) is 118 Å². The summed E-state index contributed by atoms with van der Waals surface area (Å²) in [5, 5.41) is -0.845. The van der Waals surface area contributed by atoms with Gasteiger partial charge in [-0.1, -0.05) is 96.8 Å². The molecule has 0 radical (unpaired) electrons. The molecule has 0 spiro atoms. The fourth-order valence-electron chi connectivity index (χ4n) is 3.01. The minimum Gasteiger partial charge on any atom is -1.00 e. The molecule has 0 aliphatic carbocycles. The van der Waals surface area contributed by atoms with Crippen molar-refractivity contribution in [3.63, 3.8) is 0 Å². The van der Waals surface area contributed by atoms with E-state index in [2.05, 4.69) is 11.1 Å². The quantitative estimate of drug-likeness (QED) is 0.194. The van der Waals surface area contributed by atoms with E-state index in [9.17, 15) is 13.2 Å². The van der Waals surface area contributed by atoms with Crippen molar-refractivity contribution in [2.75, 3.05) is 6.54 Å². The molecule has 7 heteroatoms. The van der Waals surface area contributed by atoms with E-state index in [4.69, 9.17) is 5.73 Å². The van der Waals surface area contributed by atoms with E-state index in [1.54, 1.807) is 0 Å². The Hall–Kier alpha value is 0.380. The van der Waals surface area contributed by atoms with Crippen LogP contribution in [0.2, 0.25) is 0 Å². The zero-order chi connectivity index (χ0) is 20.4. The second-order valence-electron chi connectivity index (χ2n) is 7.69. The smallest absolute Gasteiger partial charge is 1.00 e. The third-order valence-corrected chi connectivity index (χ3v) is 6.61. The Balaban J connectivity index is -0.00000338. The van der Waals surface area contributed by atoms with Gasteiger partial charge in [-0.2, -0.15) is 8.42 Å². The molecule has 0 aliphatic heterocycles. The van der Waals surface area contributed by atoms with Gasteiger partial charge in [0.2, 0.25) is 0 Å². The van der Waals surface area contributed by atoms with Gasteiger partial charge in [0.1, 0.15) is 5.25 Å². The number of carbonyl (C=O) groups excluding carboxylic acids is 1. The van der Waals surface area contributed by atoms with E-state index >= 15 is 0 Å². The van der Waals surface area contributed by atoms with Crippen LogP contribution in [0.4, 0.5) is 0 Å². The largest absolute Gasteiger partial charge is 1.00 e. The summed E-state index contributed by atoms with van der Waals surface area (Å²) in [5.74, 6) is -0.662. The van der Waals surface area contributed by atoms with Crippen LogP contribution in [-0.2, 0) is 19.1 Å². The maximum Gasteiger partial charge on any atom is 1.00 e. The molecule has 0 saturated heterocycles. The molecule has 0 aromatic rings. The van der Waals surface area contributed by atoms with Crippen molar-refractivity contribution in [3.05, 3.63) is 0 Å². The summed E-state index contributed by atoms with van der Waals surface area (Å²) in [7, 11) is -3.85. The molecule has 1 unspecified atom stereocenters. The SMILES string of the molecule is CCCCCCCCCCCCCCCCCC(=O)OS(=O)(=O)C(C)CN.[H-].[Na+]. The third kappa shape index (κ3) is 18.4. The van der Waals surface area contributed by atoms with Gasteiger partial charge in [-0.15, -0.1) is 0 Å². The topological polar surface area (TPSA) is 86.5 Å². The molecule has 28 heavy (non-hydrogen) atoms. The maximum absolute atomic E-state index is 11.6. The van der Waals surface area contributed by atoms with Crippen LogP contribution in [0.15, 0.2) is 0 Å². The number of hydrogen-bond donors (Lipinski definition) is 1. The Labute approximate surface area is 197 Å². The standard InChI is InChI=1S/C21H43NO4S.Na.H/c1-3-4-5-6-7-8-9-10-11-12-13-14-15-16-17-18-21(23)26-27(24,25)20(2)19-22;;/h20H,3-19,22H2,1-2H3;;/q;+1;-1. The predicted molar refractivity (Wildman–Crippen MR) is 114 cm³/mol. The molecular weight excluding hydrogens is 385 g/mol. The van der Waals surface area contributed by atoms with Gasteiger partial charge in [-0.3, -0.25) is 4.79 Å². The monoisotopic (exact) mass is 429 g/mol.